The number of carbonyl (C=O) groups is 1. The smallest absolute Gasteiger partial charge is 0.332 e. The standard InChI is InChI=1S/C14H22N4O3/c1-17-12(15)11(13(20)18(2)14(17)21)10(19)8-16-9-6-4-3-5-7-9/h9,16H,3-8,15H2,1-2H3/p+1. The van der Waals surface area contributed by atoms with Crippen molar-refractivity contribution in [1.82, 2.24) is 9.13 Å². The molecule has 1 aliphatic rings. The highest BCUT2D eigenvalue weighted by atomic mass is 16.2. The van der Waals surface area contributed by atoms with E-state index in [0.717, 1.165) is 22.0 Å². The number of nitrogens with two attached hydrogens (primary N) is 2. The van der Waals surface area contributed by atoms with Gasteiger partial charge in [0.2, 0.25) is 5.78 Å². The topological polar surface area (TPSA) is 104 Å². The average molecular weight is 295 g/mol. The van der Waals surface area contributed by atoms with Gasteiger partial charge in [-0.3, -0.25) is 18.7 Å². The van der Waals surface area contributed by atoms with Gasteiger partial charge in [-0.2, -0.15) is 0 Å². The lowest BCUT2D eigenvalue weighted by Gasteiger charge is -2.19. The van der Waals surface area contributed by atoms with E-state index < -0.39 is 11.2 Å². The minimum absolute atomic E-state index is 0.0508. The Labute approximate surface area is 122 Å². The molecular weight excluding hydrogens is 272 g/mol. The summed E-state index contributed by atoms with van der Waals surface area (Å²) >= 11 is 0. The first-order valence-corrected chi connectivity index (χ1v) is 7.35. The molecule has 0 atom stereocenters. The van der Waals surface area contributed by atoms with E-state index in [1.807, 2.05) is 5.32 Å². The number of anilines is 1. The second-order valence-corrected chi connectivity index (χ2v) is 5.73. The van der Waals surface area contributed by atoms with Gasteiger partial charge in [-0.15, -0.1) is 0 Å². The van der Waals surface area contributed by atoms with Crippen molar-refractivity contribution in [3.05, 3.63) is 26.4 Å². The lowest BCUT2D eigenvalue weighted by molar-refractivity contribution is -0.680. The van der Waals surface area contributed by atoms with E-state index in [2.05, 4.69) is 0 Å². The van der Waals surface area contributed by atoms with Gasteiger partial charge in [-0.1, -0.05) is 6.42 Å². The number of nitrogen functional groups attached to an aromatic ring is 1. The number of rotatable bonds is 4. The highest BCUT2D eigenvalue weighted by molar-refractivity contribution is 6.00. The van der Waals surface area contributed by atoms with Crippen molar-refractivity contribution in [2.75, 3.05) is 12.3 Å². The van der Waals surface area contributed by atoms with E-state index in [1.54, 1.807) is 0 Å². The van der Waals surface area contributed by atoms with Crippen molar-refractivity contribution in [2.24, 2.45) is 14.1 Å². The lowest BCUT2D eigenvalue weighted by atomic mass is 9.95. The van der Waals surface area contributed by atoms with Gasteiger partial charge in [0.1, 0.15) is 17.9 Å². The summed E-state index contributed by atoms with van der Waals surface area (Å²) in [6.45, 7) is 0.197. The fourth-order valence-electron chi connectivity index (χ4n) is 2.87. The van der Waals surface area contributed by atoms with Crippen molar-refractivity contribution < 1.29 is 10.1 Å². The van der Waals surface area contributed by atoms with Crippen LogP contribution in [0.5, 0.6) is 0 Å². The molecule has 116 valence electrons. The van der Waals surface area contributed by atoms with Gasteiger partial charge >= 0.3 is 5.69 Å². The lowest BCUT2D eigenvalue weighted by Crippen LogP contribution is -2.91. The first-order chi connectivity index (χ1) is 9.93. The summed E-state index contributed by atoms with van der Waals surface area (Å²) < 4.78 is 2.06. The Morgan fingerprint density at radius 1 is 1.19 bits per heavy atom. The summed E-state index contributed by atoms with van der Waals surface area (Å²) in [5.74, 6) is -0.362. The molecular formula is C14H23N4O3+. The average Bonchev–Trinajstić information content (AvgIpc) is 2.50. The first kappa shape index (κ1) is 15.5. The van der Waals surface area contributed by atoms with Crippen LogP contribution >= 0.6 is 0 Å². The third kappa shape index (κ3) is 3.07. The molecule has 0 radical (unpaired) electrons. The maximum Gasteiger partial charge on any atom is 0.332 e. The summed E-state index contributed by atoms with van der Waals surface area (Å²) in [4.78, 5) is 36.1. The molecule has 1 saturated carbocycles. The number of hydrogen-bond acceptors (Lipinski definition) is 4. The van der Waals surface area contributed by atoms with E-state index in [9.17, 15) is 14.4 Å². The first-order valence-electron chi connectivity index (χ1n) is 7.35. The van der Waals surface area contributed by atoms with Gasteiger partial charge in [0, 0.05) is 14.1 Å². The molecule has 0 aliphatic heterocycles. The molecule has 0 spiro atoms. The quantitative estimate of drug-likeness (QED) is 0.677. The summed E-state index contributed by atoms with van der Waals surface area (Å²) in [5.41, 5.74) is 4.56. The van der Waals surface area contributed by atoms with Gasteiger partial charge < -0.3 is 11.1 Å². The van der Waals surface area contributed by atoms with Crippen molar-refractivity contribution in [3.63, 3.8) is 0 Å². The summed E-state index contributed by atoms with van der Waals surface area (Å²) in [6, 6.07) is 0.445. The Morgan fingerprint density at radius 3 is 2.43 bits per heavy atom. The van der Waals surface area contributed by atoms with Crippen LogP contribution in [-0.2, 0) is 14.1 Å². The SMILES string of the molecule is Cn1c(N)c(C(=O)C[NH2+]C2CCCCC2)c(=O)n(C)c1=O. The van der Waals surface area contributed by atoms with Gasteiger partial charge in [0.15, 0.2) is 0 Å². The van der Waals surface area contributed by atoms with E-state index in [0.29, 0.717) is 6.04 Å². The van der Waals surface area contributed by atoms with E-state index in [1.165, 1.54) is 33.4 Å². The highest BCUT2D eigenvalue weighted by Crippen LogP contribution is 2.14. The molecule has 0 aromatic carbocycles. The van der Waals surface area contributed by atoms with Gasteiger partial charge in [-0.25, -0.2) is 4.79 Å². The minimum atomic E-state index is -0.613. The molecule has 0 unspecified atom stereocenters. The molecule has 1 aliphatic carbocycles. The molecule has 1 aromatic heterocycles. The van der Waals surface area contributed by atoms with Crippen molar-refractivity contribution in [3.8, 4) is 0 Å². The Balaban J connectivity index is 2.19. The van der Waals surface area contributed by atoms with Crippen LogP contribution in [0, 0.1) is 0 Å². The number of carbonyl (C=O) groups excluding carboxylic acids is 1. The Hall–Kier alpha value is -1.89. The van der Waals surface area contributed by atoms with Crippen molar-refractivity contribution >= 4 is 11.6 Å². The number of nitrogens with zero attached hydrogens (tertiary/aromatic N) is 2. The van der Waals surface area contributed by atoms with E-state index in [-0.39, 0.29) is 23.7 Å². The van der Waals surface area contributed by atoms with Crippen LogP contribution < -0.4 is 22.3 Å². The molecule has 21 heavy (non-hydrogen) atoms. The predicted molar refractivity (Wildman–Crippen MR) is 79.3 cm³/mol. The molecule has 0 amide bonds. The molecule has 2 rings (SSSR count). The second-order valence-electron chi connectivity index (χ2n) is 5.73. The van der Waals surface area contributed by atoms with Crippen LogP contribution in [0.2, 0.25) is 0 Å². The predicted octanol–water partition coefficient (Wildman–Crippen LogP) is -1.25. The summed E-state index contributed by atoms with van der Waals surface area (Å²) in [6.07, 6.45) is 5.85. The number of hydrogen-bond donors (Lipinski definition) is 2. The van der Waals surface area contributed by atoms with Gasteiger partial charge in [-0.05, 0) is 25.7 Å². The fourth-order valence-corrected chi connectivity index (χ4v) is 2.87. The molecule has 7 heteroatoms. The molecule has 4 N–H and O–H groups in total. The fraction of sp³-hybridized carbons (Fsp3) is 0.643. The largest absolute Gasteiger partial charge is 0.384 e. The molecule has 0 saturated heterocycles. The van der Waals surface area contributed by atoms with Crippen LogP contribution in [0.3, 0.4) is 0 Å². The van der Waals surface area contributed by atoms with Crippen molar-refractivity contribution in [1.29, 1.82) is 0 Å². The zero-order chi connectivity index (χ0) is 15.6. The second kappa shape index (κ2) is 6.26. The number of aromatic nitrogens is 2. The van der Waals surface area contributed by atoms with E-state index in [4.69, 9.17) is 5.73 Å². The number of Topliss-reactive ketones (excluding diaryl/α,β-unsaturated/α-hetero) is 1. The third-order valence-electron chi connectivity index (χ3n) is 4.28. The zero-order valence-corrected chi connectivity index (χ0v) is 12.6. The molecule has 0 bridgehead atoms. The molecule has 1 heterocycles. The Bertz CT molecular complexity index is 653. The molecule has 1 aromatic rings. The summed E-state index contributed by atoms with van der Waals surface area (Å²) in [7, 11) is 2.81. The van der Waals surface area contributed by atoms with Crippen molar-refractivity contribution in [2.45, 2.75) is 38.1 Å². The third-order valence-corrected chi connectivity index (χ3v) is 4.28. The number of ketones is 1. The number of quaternary nitrogens is 1. The van der Waals surface area contributed by atoms with Gasteiger partial charge in [0.25, 0.3) is 5.56 Å². The monoisotopic (exact) mass is 295 g/mol. The normalized spacial score (nSPS) is 16.1. The maximum atomic E-state index is 12.3. The zero-order valence-electron chi connectivity index (χ0n) is 12.6. The Kier molecular flexibility index (Phi) is 4.62. The van der Waals surface area contributed by atoms with Gasteiger partial charge in [0.05, 0.1) is 6.04 Å². The van der Waals surface area contributed by atoms with Crippen LogP contribution in [-0.4, -0.2) is 27.5 Å². The molecule has 7 nitrogen and oxygen atoms in total. The van der Waals surface area contributed by atoms with Crippen LogP contribution in [0.4, 0.5) is 5.82 Å². The van der Waals surface area contributed by atoms with Crippen LogP contribution in [0.25, 0.3) is 0 Å². The minimum Gasteiger partial charge on any atom is -0.384 e. The van der Waals surface area contributed by atoms with Crippen LogP contribution in [0.15, 0.2) is 9.59 Å². The van der Waals surface area contributed by atoms with Crippen LogP contribution in [0.1, 0.15) is 42.5 Å². The highest BCUT2D eigenvalue weighted by Gasteiger charge is 2.23. The maximum absolute atomic E-state index is 12.3. The molecule has 1 fully saturated rings. The summed E-state index contributed by atoms with van der Waals surface area (Å²) in [5, 5.41) is 1.99. The van der Waals surface area contributed by atoms with E-state index >= 15 is 0 Å². The Morgan fingerprint density at radius 2 is 1.81 bits per heavy atom.